The standard InChI is InChI=1S/C20H15Br3ClNO/c21-15-4-6-18(7-5-15)25-11-14-9-16(22)10-19(23)20(14)26-12-13-2-1-3-17(24)8-13/h1-10,25H,11-12H2. The first-order chi connectivity index (χ1) is 12.5. The topological polar surface area (TPSA) is 21.3 Å². The Kier molecular flexibility index (Phi) is 7.04. The predicted molar refractivity (Wildman–Crippen MR) is 119 cm³/mol. The van der Waals surface area contributed by atoms with E-state index in [9.17, 15) is 0 Å². The molecule has 0 fully saturated rings. The zero-order valence-electron chi connectivity index (χ0n) is 13.6. The van der Waals surface area contributed by atoms with Crippen LogP contribution in [-0.2, 0) is 13.2 Å². The molecular formula is C20H15Br3ClNO. The van der Waals surface area contributed by atoms with Gasteiger partial charge in [-0.25, -0.2) is 0 Å². The maximum absolute atomic E-state index is 6.10. The Bertz CT molecular complexity index is 900. The van der Waals surface area contributed by atoms with Crippen molar-refractivity contribution in [3.05, 3.63) is 90.2 Å². The molecule has 0 amide bonds. The summed E-state index contributed by atoms with van der Waals surface area (Å²) < 4.78 is 9.05. The molecule has 2 nitrogen and oxygen atoms in total. The zero-order chi connectivity index (χ0) is 18.5. The highest BCUT2D eigenvalue weighted by molar-refractivity contribution is 9.11. The summed E-state index contributed by atoms with van der Waals surface area (Å²) in [6.07, 6.45) is 0. The number of hydrogen-bond acceptors (Lipinski definition) is 2. The van der Waals surface area contributed by atoms with Crippen molar-refractivity contribution in [3.63, 3.8) is 0 Å². The lowest BCUT2D eigenvalue weighted by Crippen LogP contribution is -2.04. The molecule has 0 aliphatic rings. The van der Waals surface area contributed by atoms with Crippen LogP contribution in [0.25, 0.3) is 0 Å². The highest BCUT2D eigenvalue weighted by Gasteiger charge is 2.11. The molecule has 3 rings (SSSR count). The number of nitrogens with one attached hydrogen (secondary N) is 1. The summed E-state index contributed by atoms with van der Waals surface area (Å²) in [5, 5.41) is 4.13. The van der Waals surface area contributed by atoms with Crippen LogP contribution in [0.1, 0.15) is 11.1 Å². The van der Waals surface area contributed by atoms with Crippen molar-refractivity contribution in [2.45, 2.75) is 13.2 Å². The van der Waals surface area contributed by atoms with Crippen LogP contribution in [0, 0.1) is 0 Å². The second kappa shape index (κ2) is 9.27. The normalized spacial score (nSPS) is 10.6. The van der Waals surface area contributed by atoms with Crippen molar-refractivity contribution in [1.82, 2.24) is 0 Å². The molecule has 0 aliphatic heterocycles. The minimum Gasteiger partial charge on any atom is -0.487 e. The summed E-state index contributed by atoms with van der Waals surface area (Å²) >= 11 is 16.7. The highest BCUT2D eigenvalue weighted by Crippen LogP contribution is 2.34. The van der Waals surface area contributed by atoms with Gasteiger partial charge in [0.25, 0.3) is 0 Å². The molecule has 6 heteroatoms. The molecule has 0 radical (unpaired) electrons. The summed E-state index contributed by atoms with van der Waals surface area (Å²) in [5.41, 5.74) is 3.13. The Morgan fingerprint density at radius 3 is 2.38 bits per heavy atom. The summed E-state index contributed by atoms with van der Waals surface area (Å²) in [4.78, 5) is 0. The largest absolute Gasteiger partial charge is 0.487 e. The van der Waals surface area contributed by atoms with Gasteiger partial charge in [-0.2, -0.15) is 0 Å². The van der Waals surface area contributed by atoms with Crippen LogP contribution in [-0.4, -0.2) is 0 Å². The Morgan fingerprint density at radius 2 is 1.65 bits per heavy atom. The van der Waals surface area contributed by atoms with Gasteiger partial charge in [-0.05, 0) is 70.0 Å². The average Bonchev–Trinajstić information content (AvgIpc) is 2.60. The fourth-order valence-corrected chi connectivity index (χ4v) is 4.36. The maximum Gasteiger partial charge on any atom is 0.139 e. The van der Waals surface area contributed by atoms with Gasteiger partial charge in [-0.1, -0.05) is 55.6 Å². The van der Waals surface area contributed by atoms with Crippen LogP contribution in [0.2, 0.25) is 5.02 Å². The van der Waals surface area contributed by atoms with Crippen LogP contribution in [0.5, 0.6) is 5.75 Å². The number of halogens is 4. The van der Waals surface area contributed by atoms with Gasteiger partial charge >= 0.3 is 0 Å². The zero-order valence-corrected chi connectivity index (χ0v) is 19.1. The van der Waals surface area contributed by atoms with Crippen molar-refractivity contribution in [1.29, 1.82) is 0 Å². The molecule has 0 aliphatic carbocycles. The van der Waals surface area contributed by atoms with Crippen LogP contribution in [0.4, 0.5) is 5.69 Å². The van der Waals surface area contributed by atoms with E-state index < -0.39 is 0 Å². The lowest BCUT2D eigenvalue weighted by atomic mass is 10.2. The smallest absolute Gasteiger partial charge is 0.139 e. The summed E-state index contributed by atoms with van der Waals surface area (Å²) in [6, 6.07) is 19.8. The van der Waals surface area contributed by atoms with Crippen LogP contribution in [0.15, 0.2) is 74.1 Å². The lowest BCUT2D eigenvalue weighted by molar-refractivity contribution is 0.301. The van der Waals surface area contributed by atoms with Crippen molar-refractivity contribution in [2.75, 3.05) is 5.32 Å². The Balaban J connectivity index is 1.76. The lowest BCUT2D eigenvalue weighted by Gasteiger charge is -2.15. The second-order valence-corrected chi connectivity index (χ2v) is 8.78. The van der Waals surface area contributed by atoms with E-state index in [1.54, 1.807) is 0 Å². The van der Waals surface area contributed by atoms with E-state index in [-0.39, 0.29) is 0 Å². The van der Waals surface area contributed by atoms with Gasteiger partial charge in [-0.15, -0.1) is 0 Å². The molecule has 0 bridgehead atoms. The number of hydrogen-bond donors (Lipinski definition) is 1. The number of benzene rings is 3. The first kappa shape index (κ1) is 19.7. The Hall–Kier alpha value is -1.01. The van der Waals surface area contributed by atoms with E-state index in [0.29, 0.717) is 18.2 Å². The van der Waals surface area contributed by atoms with Gasteiger partial charge in [0.15, 0.2) is 0 Å². The SMILES string of the molecule is Clc1cccc(COc2c(Br)cc(Br)cc2CNc2ccc(Br)cc2)c1. The quantitative estimate of drug-likeness (QED) is 0.332. The van der Waals surface area contributed by atoms with Gasteiger partial charge in [0, 0.05) is 31.8 Å². The molecule has 0 saturated heterocycles. The molecule has 0 aromatic heterocycles. The molecule has 0 saturated carbocycles. The molecular weight excluding hydrogens is 545 g/mol. The van der Waals surface area contributed by atoms with Gasteiger partial charge in [0.05, 0.1) is 4.47 Å². The number of rotatable bonds is 6. The van der Waals surface area contributed by atoms with Gasteiger partial charge in [-0.3, -0.25) is 0 Å². The molecule has 0 atom stereocenters. The van der Waals surface area contributed by atoms with E-state index in [1.807, 2.05) is 54.6 Å². The fraction of sp³-hybridized carbons (Fsp3) is 0.100. The molecule has 3 aromatic rings. The molecule has 26 heavy (non-hydrogen) atoms. The molecule has 1 N–H and O–H groups in total. The van der Waals surface area contributed by atoms with Crippen LogP contribution >= 0.6 is 59.4 Å². The van der Waals surface area contributed by atoms with Gasteiger partial charge < -0.3 is 10.1 Å². The predicted octanol–water partition coefficient (Wildman–Crippen LogP) is 7.82. The fourth-order valence-electron chi connectivity index (χ4n) is 2.45. The number of ether oxygens (including phenoxy) is 1. The third-order valence-corrected chi connectivity index (χ3v) is 5.50. The summed E-state index contributed by atoms with van der Waals surface area (Å²) in [7, 11) is 0. The highest BCUT2D eigenvalue weighted by atomic mass is 79.9. The average molecular weight is 561 g/mol. The Morgan fingerprint density at radius 1 is 0.885 bits per heavy atom. The molecule has 3 aromatic carbocycles. The van der Waals surface area contributed by atoms with E-state index in [1.165, 1.54) is 0 Å². The van der Waals surface area contributed by atoms with E-state index in [0.717, 1.165) is 36.0 Å². The minimum atomic E-state index is 0.450. The van der Waals surface area contributed by atoms with Gasteiger partial charge in [0.2, 0.25) is 0 Å². The Labute approximate surface area is 183 Å². The van der Waals surface area contributed by atoms with Crippen molar-refractivity contribution in [3.8, 4) is 5.75 Å². The molecule has 0 heterocycles. The summed E-state index contributed by atoms with van der Waals surface area (Å²) in [5.74, 6) is 0.817. The summed E-state index contributed by atoms with van der Waals surface area (Å²) in [6.45, 7) is 1.09. The van der Waals surface area contributed by atoms with Crippen LogP contribution < -0.4 is 10.1 Å². The van der Waals surface area contributed by atoms with Gasteiger partial charge in [0.1, 0.15) is 12.4 Å². The van der Waals surface area contributed by atoms with E-state index in [4.69, 9.17) is 16.3 Å². The third kappa shape index (κ3) is 5.49. The van der Waals surface area contributed by atoms with Crippen LogP contribution in [0.3, 0.4) is 0 Å². The second-order valence-electron chi connectivity index (χ2n) is 5.65. The molecule has 0 spiro atoms. The molecule has 0 unspecified atom stereocenters. The van der Waals surface area contributed by atoms with E-state index in [2.05, 4.69) is 59.2 Å². The third-order valence-electron chi connectivity index (χ3n) is 3.68. The first-order valence-corrected chi connectivity index (χ1v) is 10.6. The first-order valence-electron chi connectivity index (χ1n) is 7.86. The monoisotopic (exact) mass is 557 g/mol. The maximum atomic E-state index is 6.10. The minimum absolute atomic E-state index is 0.450. The van der Waals surface area contributed by atoms with Crippen molar-refractivity contribution < 1.29 is 4.74 Å². The molecule has 134 valence electrons. The number of anilines is 1. The van der Waals surface area contributed by atoms with Crippen molar-refractivity contribution in [2.24, 2.45) is 0 Å². The van der Waals surface area contributed by atoms with E-state index >= 15 is 0 Å². The van der Waals surface area contributed by atoms with Crippen molar-refractivity contribution >= 4 is 65.1 Å².